The van der Waals surface area contributed by atoms with E-state index in [9.17, 15) is 4.79 Å². The van der Waals surface area contributed by atoms with Crippen LogP contribution in [0.25, 0.3) is 11.6 Å². The number of ether oxygens (including phenoxy) is 2. The molecule has 2 aromatic rings. The van der Waals surface area contributed by atoms with Gasteiger partial charge in [-0.05, 0) is 30.3 Å². The van der Waals surface area contributed by atoms with Gasteiger partial charge in [0.25, 0.3) is 5.91 Å². The Kier molecular flexibility index (Phi) is 3.59. The summed E-state index contributed by atoms with van der Waals surface area (Å²) in [6.07, 6.45) is 1.85. The maximum Gasteiger partial charge on any atom is 0.258 e. The molecule has 0 aliphatic carbocycles. The number of carbonyl (C=O) groups excluding carboxylic acids is 1. The lowest BCUT2D eigenvalue weighted by atomic mass is 10.0. The topological polar surface area (TPSA) is 38.8 Å². The molecule has 1 amide bonds. The number of hydrogen-bond acceptors (Lipinski definition) is 3. The lowest BCUT2D eigenvalue weighted by Gasteiger charge is -2.09. The standard InChI is InChI=1S/C18H17NO3/c1-19-16-7-5-4-6-14(16)15(18(19)20)11-12-10-13(21-2)8-9-17(12)22-3/h4-11H,1-3H3/b15-11+. The SMILES string of the molecule is COc1ccc(OC)c(/C=C2/C(=O)N(C)c3ccccc32)c1. The third kappa shape index (κ3) is 2.22. The molecule has 3 rings (SSSR count). The van der Waals surface area contributed by atoms with E-state index in [2.05, 4.69) is 0 Å². The lowest BCUT2D eigenvalue weighted by molar-refractivity contribution is -0.112. The van der Waals surface area contributed by atoms with E-state index in [4.69, 9.17) is 9.47 Å². The second-order valence-corrected chi connectivity index (χ2v) is 5.05. The van der Waals surface area contributed by atoms with Gasteiger partial charge in [-0.15, -0.1) is 0 Å². The van der Waals surface area contributed by atoms with Gasteiger partial charge >= 0.3 is 0 Å². The summed E-state index contributed by atoms with van der Waals surface area (Å²) < 4.78 is 10.6. The van der Waals surface area contributed by atoms with E-state index < -0.39 is 0 Å². The molecule has 1 aliphatic heterocycles. The summed E-state index contributed by atoms with van der Waals surface area (Å²) >= 11 is 0. The fourth-order valence-electron chi connectivity index (χ4n) is 2.65. The van der Waals surface area contributed by atoms with Crippen LogP contribution in [0.15, 0.2) is 42.5 Å². The summed E-state index contributed by atoms with van der Waals surface area (Å²) in [5.41, 5.74) is 3.32. The maximum absolute atomic E-state index is 12.5. The highest BCUT2D eigenvalue weighted by atomic mass is 16.5. The van der Waals surface area contributed by atoms with Gasteiger partial charge in [-0.3, -0.25) is 4.79 Å². The fourth-order valence-corrected chi connectivity index (χ4v) is 2.65. The average Bonchev–Trinajstić information content (AvgIpc) is 2.80. The van der Waals surface area contributed by atoms with Gasteiger partial charge in [0.2, 0.25) is 0 Å². The maximum atomic E-state index is 12.5. The van der Waals surface area contributed by atoms with Crippen molar-refractivity contribution in [3.05, 3.63) is 53.6 Å². The predicted octanol–water partition coefficient (Wildman–Crippen LogP) is 3.22. The largest absolute Gasteiger partial charge is 0.497 e. The molecule has 0 N–H and O–H groups in total. The van der Waals surface area contributed by atoms with Crippen molar-refractivity contribution < 1.29 is 14.3 Å². The normalized spacial score (nSPS) is 15.1. The van der Waals surface area contributed by atoms with Crippen LogP contribution in [0.5, 0.6) is 11.5 Å². The number of carbonyl (C=O) groups is 1. The molecule has 0 fully saturated rings. The molecule has 1 aliphatic rings. The predicted molar refractivity (Wildman–Crippen MR) is 87.3 cm³/mol. The molecule has 0 saturated carbocycles. The number of likely N-dealkylation sites (N-methyl/N-ethyl adjacent to an activating group) is 1. The molecule has 0 aromatic heterocycles. The number of hydrogen-bond donors (Lipinski definition) is 0. The first kappa shape index (κ1) is 14.2. The molecule has 1 heterocycles. The van der Waals surface area contributed by atoms with Crippen molar-refractivity contribution in [1.29, 1.82) is 0 Å². The zero-order valence-electron chi connectivity index (χ0n) is 12.8. The van der Waals surface area contributed by atoms with Crippen molar-refractivity contribution in [2.24, 2.45) is 0 Å². The second-order valence-electron chi connectivity index (χ2n) is 5.05. The number of methoxy groups -OCH3 is 2. The Balaban J connectivity index is 2.15. The van der Waals surface area contributed by atoms with Crippen LogP contribution in [0, 0.1) is 0 Å². The highest BCUT2D eigenvalue weighted by Crippen LogP contribution is 2.38. The number of para-hydroxylation sites is 1. The molecular weight excluding hydrogens is 278 g/mol. The first-order valence-electron chi connectivity index (χ1n) is 6.97. The second kappa shape index (κ2) is 5.56. The van der Waals surface area contributed by atoms with E-state index in [1.54, 1.807) is 26.2 Å². The molecular formula is C18H17NO3. The smallest absolute Gasteiger partial charge is 0.258 e. The van der Waals surface area contributed by atoms with Crippen molar-refractivity contribution in [2.75, 3.05) is 26.2 Å². The quantitative estimate of drug-likeness (QED) is 0.816. The summed E-state index contributed by atoms with van der Waals surface area (Å²) in [5, 5.41) is 0. The Morgan fingerprint density at radius 1 is 1.05 bits per heavy atom. The Labute approximate surface area is 129 Å². The van der Waals surface area contributed by atoms with Gasteiger partial charge in [-0.1, -0.05) is 18.2 Å². The van der Waals surface area contributed by atoms with E-state index in [0.717, 1.165) is 22.6 Å². The molecule has 4 heteroatoms. The van der Waals surface area contributed by atoms with Crippen LogP contribution in [0.1, 0.15) is 11.1 Å². The number of nitrogens with zero attached hydrogens (tertiary/aromatic N) is 1. The molecule has 0 spiro atoms. The van der Waals surface area contributed by atoms with Gasteiger partial charge in [0.1, 0.15) is 11.5 Å². The van der Waals surface area contributed by atoms with Crippen LogP contribution >= 0.6 is 0 Å². The molecule has 4 nitrogen and oxygen atoms in total. The summed E-state index contributed by atoms with van der Waals surface area (Å²) in [6.45, 7) is 0. The highest BCUT2D eigenvalue weighted by Gasteiger charge is 2.29. The molecule has 0 saturated heterocycles. The van der Waals surface area contributed by atoms with Crippen molar-refractivity contribution in [3.63, 3.8) is 0 Å². The summed E-state index contributed by atoms with van der Waals surface area (Å²) in [6, 6.07) is 13.3. The lowest BCUT2D eigenvalue weighted by Crippen LogP contribution is -2.20. The third-order valence-corrected chi connectivity index (χ3v) is 3.83. The van der Waals surface area contributed by atoms with E-state index in [-0.39, 0.29) is 5.91 Å². The fraction of sp³-hybridized carbons (Fsp3) is 0.167. The van der Waals surface area contributed by atoms with Crippen molar-refractivity contribution >= 4 is 23.2 Å². The van der Waals surface area contributed by atoms with Gasteiger partial charge in [0.05, 0.1) is 19.9 Å². The number of amides is 1. The van der Waals surface area contributed by atoms with Crippen molar-refractivity contribution in [2.45, 2.75) is 0 Å². The minimum Gasteiger partial charge on any atom is -0.497 e. The Morgan fingerprint density at radius 2 is 1.82 bits per heavy atom. The van der Waals surface area contributed by atoms with Crippen LogP contribution in [-0.2, 0) is 4.79 Å². The Hall–Kier alpha value is -2.75. The molecule has 0 atom stereocenters. The first-order chi connectivity index (χ1) is 10.7. The van der Waals surface area contributed by atoms with Crippen LogP contribution < -0.4 is 14.4 Å². The Morgan fingerprint density at radius 3 is 2.55 bits per heavy atom. The zero-order valence-corrected chi connectivity index (χ0v) is 12.8. The number of rotatable bonds is 3. The molecule has 112 valence electrons. The first-order valence-corrected chi connectivity index (χ1v) is 6.97. The van der Waals surface area contributed by atoms with E-state index >= 15 is 0 Å². The molecule has 0 radical (unpaired) electrons. The van der Waals surface area contributed by atoms with Gasteiger partial charge in [0.15, 0.2) is 0 Å². The number of benzene rings is 2. The van der Waals surface area contributed by atoms with Gasteiger partial charge in [0, 0.05) is 23.7 Å². The molecule has 0 bridgehead atoms. The van der Waals surface area contributed by atoms with Gasteiger partial charge in [-0.2, -0.15) is 0 Å². The average molecular weight is 295 g/mol. The van der Waals surface area contributed by atoms with Crippen LogP contribution in [0.4, 0.5) is 5.69 Å². The zero-order chi connectivity index (χ0) is 15.7. The van der Waals surface area contributed by atoms with Crippen molar-refractivity contribution in [1.82, 2.24) is 0 Å². The van der Waals surface area contributed by atoms with Crippen molar-refractivity contribution in [3.8, 4) is 11.5 Å². The summed E-state index contributed by atoms with van der Waals surface area (Å²) in [5.74, 6) is 1.40. The molecule has 2 aromatic carbocycles. The monoisotopic (exact) mass is 295 g/mol. The van der Waals surface area contributed by atoms with Crippen LogP contribution in [-0.4, -0.2) is 27.2 Å². The van der Waals surface area contributed by atoms with Gasteiger partial charge < -0.3 is 14.4 Å². The highest BCUT2D eigenvalue weighted by molar-refractivity contribution is 6.35. The van der Waals surface area contributed by atoms with Gasteiger partial charge in [-0.25, -0.2) is 0 Å². The molecule has 22 heavy (non-hydrogen) atoms. The molecule has 0 unspecified atom stereocenters. The minimum absolute atomic E-state index is 0.0222. The summed E-state index contributed by atoms with van der Waals surface area (Å²) in [7, 11) is 5.01. The van der Waals surface area contributed by atoms with E-state index in [0.29, 0.717) is 11.3 Å². The third-order valence-electron chi connectivity index (χ3n) is 3.83. The van der Waals surface area contributed by atoms with Crippen LogP contribution in [0.3, 0.4) is 0 Å². The number of anilines is 1. The Bertz CT molecular complexity index is 765. The minimum atomic E-state index is -0.0222. The van der Waals surface area contributed by atoms with E-state index in [1.165, 1.54) is 0 Å². The number of fused-ring (bicyclic) bond motifs is 1. The van der Waals surface area contributed by atoms with E-state index in [1.807, 2.05) is 48.5 Å². The van der Waals surface area contributed by atoms with Crippen LogP contribution in [0.2, 0.25) is 0 Å². The summed E-state index contributed by atoms with van der Waals surface area (Å²) in [4.78, 5) is 14.2.